The van der Waals surface area contributed by atoms with Crippen LogP contribution in [0.4, 0.5) is 0 Å². The first kappa shape index (κ1) is 10.6. The third-order valence-corrected chi connectivity index (χ3v) is 2.65. The fourth-order valence-corrected chi connectivity index (χ4v) is 1.62. The smallest absolute Gasteiger partial charge is 0.209 e. The summed E-state index contributed by atoms with van der Waals surface area (Å²) < 4.78 is 11.4. The fourth-order valence-electron chi connectivity index (χ4n) is 1.62. The van der Waals surface area contributed by atoms with Crippen LogP contribution in [0.2, 0.25) is 0 Å². The van der Waals surface area contributed by atoms with E-state index < -0.39 is 5.79 Å². The lowest BCUT2D eigenvalue weighted by Crippen LogP contribution is -2.46. The van der Waals surface area contributed by atoms with E-state index in [0.717, 1.165) is 0 Å². The largest absolute Gasteiger partial charge is 0.342 e. The summed E-state index contributed by atoms with van der Waals surface area (Å²) in [6.07, 6.45) is 4.97. The molecule has 0 aromatic rings. The highest BCUT2D eigenvalue weighted by atomic mass is 16.7. The normalized spacial score (nSPS) is 27.9. The summed E-state index contributed by atoms with van der Waals surface area (Å²) in [6.45, 7) is 7.23. The molecule has 0 radical (unpaired) electrons. The Morgan fingerprint density at radius 1 is 1.27 bits per heavy atom. The quantitative estimate of drug-likeness (QED) is 0.609. The van der Waals surface area contributed by atoms with Crippen molar-refractivity contribution >= 4 is 5.78 Å². The van der Waals surface area contributed by atoms with Crippen LogP contribution in [-0.2, 0) is 14.3 Å². The molecule has 2 rings (SSSR count). The van der Waals surface area contributed by atoms with E-state index in [9.17, 15) is 4.79 Å². The van der Waals surface area contributed by atoms with Crippen molar-refractivity contribution in [2.45, 2.75) is 26.6 Å². The van der Waals surface area contributed by atoms with Crippen LogP contribution in [-0.4, -0.2) is 24.8 Å². The minimum Gasteiger partial charge on any atom is -0.342 e. The molecule has 1 aliphatic carbocycles. The van der Waals surface area contributed by atoms with Crippen molar-refractivity contribution in [3.8, 4) is 0 Å². The number of ketones is 1. The van der Waals surface area contributed by atoms with Crippen molar-refractivity contribution in [2.24, 2.45) is 5.41 Å². The molecule has 82 valence electrons. The van der Waals surface area contributed by atoms with E-state index in [1.807, 2.05) is 0 Å². The lowest BCUT2D eigenvalue weighted by Gasteiger charge is -2.41. The summed E-state index contributed by atoms with van der Waals surface area (Å²) in [5, 5.41) is 0. The number of hydrogen-bond donors (Lipinski definition) is 0. The molecule has 3 heteroatoms. The zero-order valence-corrected chi connectivity index (χ0v) is 9.37. The summed E-state index contributed by atoms with van der Waals surface area (Å²) >= 11 is 0. The zero-order chi connectivity index (χ0) is 11.1. The lowest BCUT2D eigenvalue weighted by atomic mass is 9.93. The van der Waals surface area contributed by atoms with Gasteiger partial charge in [0.25, 0.3) is 0 Å². The third kappa shape index (κ3) is 2.03. The molecule has 1 spiro atoms. The van der Waals surface area contributed by atoms with Crippen molar-refractivity contribution < 1.29 is 14.3 Å². The number of allylic oxidation sites excluding steroid dienone is 2. The molecule has 15 heavy (non-hydrogen) atoms. The van der Waals surface area contributed by atoms with Crippen LogP contribution in [0.1, 0.15) is 20.8 Å². The second kappa shape index (κ2) is 3.29. The van der Waals surface area contributed by atoms with Gasteiger partial charge in [0.15, 0.2) is 5.78 Å². The molecule has 1 aliphatic heterocycles. The molecular weight excluding hydrogens is 192 g/mol. The Labute approximate surface area is 89.8 Å². The van der Waals surface area contributed by atoms with Gasteiger partial charge < -0.3 is 9.47 Å². The second-order valence-corrected chi connectivity index (χ2v) is 4.99. The Kier molecular flexibility index (Phi) is 2.32. The van der Waals surface area contributed by atoms with Gasteiger partial charge in [-0.3, -0.25) is 4.79 Å². The van der Waals surface area contributed by atoms with Gasteiger partial charge in [-0.1, -0.05) is 13.8 Å². The number of ether oxygens (including phenoxy) is 2. The molecule has 0 amide bonds. The molecule has 0 N–H and O–H groups in total. The van der Waals surface area contributed by atoms with Gasteiger partial charge in [0.2, 0.25) is 5.79 Å². The van der Waals surface area contributed by atoms with Crippen LogP contribution in [0.3, 0.4) is 0 Å². The molecule has 0 saturated carbocycles. The van der Waals surface area contributed by atoms with Gasteiger partial charge in [0.1, 0.15) is 0 Å². The molecule has 0 unspecified atom stereocenters. The van der Waals surface area contributed by atoms with Crippen LogP contribution in [0.15, 0.2) is 23.8 Å². The average Bonchev–Trinajstić information content (AvgIpc) is 2.18. The predicted molar refractivity (Wildman–Crippen MR) is 56.3 cm³/mol. The van der Waals surface area contributed by atoms with E-state index in [0.29, 0.717) is 18.8 Å². The first-order valence-corrected chi connectivity index (χ1v) is 5.13. The standard InChI is InChI=1S/C12H16O3/c1-9-6-12(5-4-10(9)13)14-7-11(2,3)8-15-12/h4-6H,7-8H2,1-3H3. The van der Waals surface area contributed by atoms with E-state index in [1.165, 1.54) is 6.08 Å². The van der Waals surface area contributed by atoms with Gasteiger partial charge in [-0.25, -0.2) is 0 Å². The van der Waals surface area contributed by atoms with Gasteiger partial charge in [-0.05, 0) is 30.7 Å². The predicted octanol–water partition coefficient (Wildman–Crippen LogP) is 1.84. The maximum absolute atomic E-state index is 11.3. The molecule has 0 aromatic carbocycles. The van der Waals surface area contributed by atoms with Gasteiger partial charge in [0, 0.05) is 5.41 Å². The van der Waals surface area contributed by atoms with E-state index >= 15 is 0 Å². The van der Waals surface area contributed by atoms with Crippen LogP contribution in [0.5, 0.6) is 0 Å². The number of carbonyl (C=O) groups is 1. The average molecular weight is 208 g/mol. The summed E-state index contributed by atoms with van der Waals surface area (Å²) in [5.74, 6) is -0.772. The van der Waals surface area contributed by atoms with Gasteiger partial charge in [-0.15, -0.1) is 0 Å². The molecule has 1 heterocycles. The number of hydrogen-bond acceptors (Lipinski definition) is 3. The highest BCUT2D eigenvalue weighted by molar-refractivity contribution is 6.04. The summed E-state index contributed by atoms with van der Waals surface area (Å²) in [4.78, 5) is 11.3. The van der Waals surface area contributed by atoms with Crippen molar-refractivity contribution in [3.05, 3.63) is 23.8 Å². The van der Waals surface area contributed by atoms with Crippen LogP contribution < -0.4 is 0 Å². The SMILES string of the molecule is CC1=CC2(C=CC1=O)OCC(C)(C)CO2. The number of rotatable bonds is 0. The molecule has 1 saturated heterocycles. The molecule has 1 fully saturated rings. The van der Waals surface area contributed by atoms with E-state index in [2.05, 4.69) is 13.8 Å². The molecule has 0 aromatic heterocycles. The lowest BCUT2D eigenvalue weighted by molar-refractivity contribution is -0.246. The summed E-state index contributed by atoms with van der Waals surface area (Å²) in [6, 6.07) is 0. The van der Waals surface area contributed by atoms with Crippen LogP contribution in [0, 0.1) is 5.41 Å². The zero-order valence-electron chi connectivity index (χ0n) is 9.37. The van der Waals surface area contributed by atoms with Gasteiger partial charge in [0.05, 0.1) is 13.2 Å². The third-order valence-electron chi connectivity index (χ3n) is 2.65. The van der Waals surface area contributed by atoms with E-state index in [-0.39, 0.29) is 11.2 Å². The Balaban J connectivity index is 2.18. The minimum absolute atomic E-state index is 0.0256. The van der Waals surface area contributed by atoms with E-state index in [4.69, 9.17) is 9.47 Å². The molecule has 3 nitrogen and oxygen atoms in total. The first-order valence-electron chi connectivity index (χ1n) is 5.13. The Morgan fingerprint density at radius 3 is 2.40 bits per heavy atom. The minimum atomic E-state index is -0.798. The Bertz CT molecular complexity index is 340. The summed E-state index contributed by atoms with van der Waals surface area (Å²) in [5.41, 5.74) is 0.722. The Hall–Kier alpha value is -0.930. The number of carbonyl (C=O) groups excluding carboxylic acids is 1. The fraction of sp³-hybridized carbons (Fsp3) is 0.583. The van der Waals surface area contributed by atoms with Crippen molar-refractivity contribution in [3.63, 3.8) is 0 Å². The van der Waals surface area contributed by atoms with Gasteiger partial charge in [-0.2, -0.15) is 0 Å². The highest BCUT2D eigenvalue weighted by Crippen LogP contribution is 2.33. The molecule has 0 bridgehead atoms. The summed E-state index contributed by atoms with van der Waals surface area (Å²) in [7, 11) is 0. The molecular formula is C12H16O3. The highest BCUT2D eigenvalue weighted by Gasteiger charge is 2.39. The van der Waals surface area contributed by atoms with Crippen molar-refractivity contribution in [1.82, 2.24) is 0 Å². The van der Waals surface area contributed by atoms with Crippen LogP contribution >= 0.6 is 0 Å². The molecule has 0 atom stereocenters. The maximum Gasteiger partial charge on any atom is 0.209 e. The second-order valence-electron chi connectivity index (χ2n) is 4.99. The van der Waals surface area contributed by atoms with Crippen molar-refractivity contribution in [1.29, 1.82) is 0 Å². The Morgan fingerprint density at radius 2 is 1.87 bits per heavy atom. The first-order chi connectivity index (χ1) is 6.93. The van der Waals surface area contributed by atoms with Crippen LogP contribution in [0.25, 0.3) is 0 Å². The van der Waals surface area contributed by atoms with Crippen molar-refractivity contribution in [2.75, 3.05) is 13.2 Å². The molecule has 2 aliphatic rings. The van der Waals surface area contributed by atoms with Gasteiger partial charge >= 0.3 is 0 Å². The monoisotopic (exact) mass is 208 g/mol. The maximum atomic E-state index is 11.3. The van der Waals surface area contributed by atoms with E-state index in [1.54, 1.807) is 19.1 Å². The topological polar surface area (TPSA) is 35.5 Å².